The van der Waals surface area contributed by atoms with Gasteiger partial charge in [0.25, 0.3) is 0 Å². The van der Waals surface area contributed by atoms with Crippen LogP contribution in [0.25, 0.3) is 0 Å². The van der Waals surface area contributed by atoms with E-state index in [1.165, 1.54) is 0 Å². The Morgan fingerprint density at radius 3 is 2.48 bits per heavy atom. The van der Waals surface area contributed by atoms with Crippen molar-refractivity contribution < 1.29 is 4.74 Å². The molecule has 0 saturated heterocycles. The summed E-state index contributed by atoms with van der Waals surface area (Å²) in [5, 5.41) is 4.74. The van der Waals surface area contributed by atoms with Crippen LogP contribution in [-0.4, -0.2) is 6.54 Å². The van der Waals surface area contributed by atoms with Crippen molar-refractivity contribution in [3.63, 3.8) is 0 Å². The second-order valence-electron chi connectivity index (χ2n) is 4.94. The van der Waals surface area contributed by atoms with E-state index in [2.05, 4.69) is 12.2 Å². The molecule has 2 aromatic carbocycles. The van der Waals surface area contributed by atoms with Gasteiger partial charge in [0.1, 0.15) is 11.5 Å². The van der Waals surface area contributed by atoms with Gasteiger partial charge in [-0.1, -0.05) is 36.2 Å². The lowest BCUT2D eigenvalue weighted by Gasteiger charge is -2.14. The Kier molecular flexibility index (Phi) is 5.92. The molecule has 0 atom stereocenters. The van der Waals surface area contributed by atoms with Gasteiger partial charge in [-0.25, -0.2) is 0 Å². The number of ether oxygens (including phenoxy) is 1. The molecule has 0 aliphatic carbocycles. The molecule has 0 fully saturated rings. The maximum absolute atomic E-state index is 6.08. The molecular formula is C17H19Cl2NO. The first kappa shape index (κ1) is 16.2. The standard InChI is InChI=1S/C17H19Cl2NO/c1-3-8-20-11-13-9-14(18)6-7-16(13)21-17-10-15(19)5-4-12(17)2/h4-7,9-10,20H,3,8,11H2,1-2H3. The lowest BCUT2D eigenvalue weighted by atomic mass is 10.2. The molecule has 0 heterocycles. The summed E-state index contributed by atoms with van der Waals surface area (Å²) in [5.41, 5.74) is 2.08. The van der Waals surface area contributed by atoms with Gasteiger partial charge >= 0.3 is 0 Å². The van der Waals surface area contributed by atoms with Crippen molar-refractivity contribution in [1.82, 2.24) is 5.32 Å². The molecule has 0 aliphatic rings. The average Bonchev–Trinajstić information content (AvgIpc) is 2.46. The first-order chi connectivity index (χ1) is 10.1. The first-order valence-electron chi connectivity index (χ1n) is 7.03. The molecule has 2 aromatic rings. The minimum atomic E-state index is 0.662. The molecule has 0 saturated carbocycles. The molecule has 1 N–H and O–H groups in total. The van der Waals surface area contributed by atoms with Gasteiger partial charge in [-0.05, 0) is 55.8 Å². The zero-order valence-corrected chi connectivity index (χ0v) is 13.8. The predicted molar refractivity (Wildman–Crippen MR) is 89.7 cm³/mol. The molecule has 2 nitrogen and oxygen atoms in total. The zero-order chi connectivity index (χ0) is 15.2. The third kappa shape index (κ3) is 4.63. The molecule has 2 rings (SSSR count). The Bertz CT molecular complexity index is 614. The number of hydrogen-bond acceptors (Lipinski definition) is 2. The third-order valence-electron chi connectivity index (χ3n) is 3.13. The largest absolute Gasteiger partial charge is 0.457 e. The molecule has 0 aromatic heterocycles. The quantitative estimate of drug-likeness (QED) is 0.699. The summed E-state index contributed by atoms with van der Waals surface area (Å²) in [4.78, 5) is 0. The van der Waals surface area contributed by atoms with Gasteiger partial charge in [0.05, 0.1) is 0 Å². The summed E-state index contributed by atoms with van der Waals surface area (Å²) in [7, 11) is 0. The van der Waals surface area contributed by atoms with E-state index in [4.69, 9.17) is 27.9 Å². The van der Waals surface area contributed by atoms with E-state index in [9.17, 15) is 0 Å². The van der Waals surface area contributed by atoms with Crippen molar-refractivity contribution in [3.8, 4) is 11.5 Å². The lowest BCUT2D eigenvalue weighted by molar-refractivity contribution is 0.469. The number of nitrogens with one attached hydrogen (secondary N) is 1. The second kappa shape index (κ2) is 7.69. The van der Waals surface area contributed by atoms with Crippen LogP contribution in [0.4, 0.5) is 0 Å². The highest BCUT2D eigenvalue weighted by Gasteiger charge is 2.08. The monoisotopic (exact) mass is 323 g/mol. The van der Waals surface area contributed by atoms with Gasteiger partial charge in [-0.15, -0.1) is 0 Å². The summed E-state index contributed by atoms with van der Waals surface area (Å²) in [6, 6.07) is 11.3. The van der Waals surface area contributed by atoms with E-state index < -0.39 is 0 Å². The predicted octanol–water partition coefficient (Wildman–Crippen LogP) is 5.59. The molecule has 0 unspecified atom stereocenters. The number of rotatable bonds is 6. The SMILES string of the molecule is CCCNCc1cc(Cl)ccc1Oc1cc(Cl)ccc1C. The fraction of sp³-hybridized carbons (Fsp3) is 0.294. The summed E-state index contributed by atoms with van der Waals surface area (Å²) in [6.07, 6.45) is 1.09. The van der Waals surface area contributed by atoms with Crippen LogP contribution < -0.4 is 10.1 Å². The molecule has 0 radical (unpaired) electrons. The van der Waals surface area contributed by atoms with Crippen LogP contribution in [0.1, 0.15) is 24.5 Å². The van der Waals surface area contributed by atoms with Gasteiger partial charge in [0.2, 0.25) is 0 Å². The van der Waals surface area contributed by atoms with E-state index in [1.54, 1.807) is 0 Å². The van der Waals surface area contributed by atoms with E-state index in [1.807, 2.05) is 43.3 Å². The van der Waals surface area contributed by atoms with Crippen molar-refractivity contribution in [3.05, 3.63) is 57.6 Å². The van der Waals surface area contributed by atoms with Gasteiger partial charge in [-0.2, -0.15) is 0 Å². The van der Waals surface area contributed by atoms with Gasteiger partial charge in [0, 0.05) is 22.2 Å². The molecule has 112 valence electrons. The lowest BCUT2D eigenvalue weighted by Crippen LogP contribution is -2.14. The fourth-order valence-electron chi connectivity index (χ4n) is 1.99. The van der Waals surface area contributed by atoms with E-state index in [-0.39, 0.29) is 0 Å². The molecule has 0 spiro atoms. The Morgan fingerprint density at radius 2 is 1.71 bits per heavy atom. The summed E-state index contributed by atoms with van der Waals surface area (Å²) in [6.45, 7) is 5.82. The molecule has 0 bridgehead atoms. The minimum absolute atomic E-state index is 0.662. The van der Waals surface area contributed by atoms with Crippen molar-refractivity contribution in [2.75, 3.05) is 6.54 Å². The van der Waals surface area contributed by atoms with Crippen LogP contribution in [0.15, 0.2) is 36.4 Å². The summed E-state index contributed by atoms with van der Waals surface area (Å²) >= 11 is 12.1. The normalized spacial score (nSPS) is 10.7. The minimum Gasteiger partial charge on any atom is -0.457 e. The highest BCUT2D eigenvalue weighted by Crippen LogP contribution is 2.31. The Balaban J connectivity index is 2.24. The Labute approximate surface area is 136 Å². The van der Waals surface area contributed by atoms with Crippen LogP contribution in [0.2, 0.25) is 10.0 Å². The fourth-order valence-corrected chi connectivity index (χ4v) is 2.34. The number of aryl methyl sites for hydroxylation is 1. The number of hydrogen-bond donors (Lipinski definition) is 1. The highest BCUT2D eigenvalue weighted by molar-refractivity contribution is 6.31. The van der Waals surface area contributed by atoms with Crippen molar-refractivity contribution >= 4 is 23.2 Å². The Morgan fingerprint density at radius 1 is 1.00 bits per heavy atom. The van der Waals surface area contributed by atoms with Crippen molar-refractivity contribution in [2.24, 2.45) is 0 Å². The molecule has 0 amide bonds. The average molecular weight is 324 g/mol. The van der Waals surface area contributed by atoms with Crippen molar-refractivity contribution in [1.29, 1.82) is 0 Å². The van der Waals surface area contributed by atoms with Gasteiger partial charge < -0.3 is 10.1 Å². The van der Waals surface area contributed by atoms with E-state index >= 15 is 0 Å². The van der Waals surface area contributed by atoms with Crippen LogP contribution in [0.5, 0.6) is 11.5 Å². The third-order valence-corrected chi connectivity index (χ3v) is 3.61. The van der Waals surface area contributed by atoms with E-state index in [0.29, 0.717) is 10.0 Å². The van der Waals surface area contributed by atoms with Crippen molar-refractivity contribution in [2.45, 2.75) is 26.8 Å². The molecule has 0 aliphatic heterocycles. The number of halogens is 2. The Hall–Kier alpha value is -1.22. The van der Waals surface area contributed by atoms with Crippen LogP contribution >= 0.6 is 23.2 Å². The first-order valence-corrected chi connectivity index (χ1v) is 7.79. The molecule has 4 heteroatoms. The molecular weight excluding hydrogens is 305 g/mol. The van der Waals surface area contributed by atoms with Crippen LogP contribution in [0.3, 0.4) is 0 Å². The van der Waals surface area contributed by atoms with Crippen LogP contribution in [0, 0.1) is 6.92 Å². The van der Waals surface area contributed by atoms with Crippen LogP contribution in [-0.2, 0) is 6.54 Å². The highest BCUT2D eigenvalue weighted by atomic mass is 35.5. The molecule has 21 heavy (non-hydrogen) atoms. The van der Waals surface area contributed by atoms with Gasteiger partial charge in [-0.3, -0.25) is 0 Å². The number of benzene rings is 2. The second-order valence-corrected chi connectivity index (χ2v) is 5.81. The topological polar surface area (TPSA) is 21.3 Å². The maximum atomic E-state index is 6.08. The summed E-state index contributed by atoms with van der Waals surface area (Å²) < 4.78 is 6.02. The smallest absolute Gasteiger partial charge is 0.132 e. The maximum Gasteiger partial charge on any atom is 0.132 e. The summed E-state index contributed by atoms with van der Waals surface area (Å²) in [5.74, 6) is 1.56. The van der Waals surface area contributed by atoms with E-state index in [0.717, 1.165) is 42.1 Å². The van der Waals surface area contributed by atoms with Gasteiger partial charge in [0.15, 0.2) is 0 Å². The zero-order valence-electron chi connectivity index (χ0n) is 12.2.